The fraction of sp³-hybridized carbons (Fsp3) is 0.920. The highest BCUT2D eigenvalue weighted by molar-refractivity contribution is 5.74. The lowest BCUT2D eigenvalue weighted by molar-refractivity contribution is 0.240. The summed E-state index contributed by atoms with van der Waals surface area (Å²) in [5.41, 5.74) is 5.42. The zero-order chi connectivity index (χ0) is 23.5. The van der Waals surface area contributed by atoms with Crippen LogP contribution in [0.5, 0.6) is 0 Å². The van der Waals surface area contributed by atoms with Gasteiger partial charge >= 0.3 is 12.1 Å². The maximum atomic E-state index is 11.8. The highest BCUT2D eigenvalue weighted by Crippen LogP contribution is 2.10. The van der Waals surface area contributed by atoms with Gasteiger partial charge in [0.2, 0.25) is 0 Å². The van der Waals surface area contributed by atoms with Crippen LogP contribution in [-0.2, 0) is 0 Å². The van der Waals surface area contributed by atoms with Crippen LogP contribution in [0.25, 0.3) is 0 Å². The lowest BCUT2D eigenvalue weighted by Gasteiger charge is -2.08. The van der Waals surface area contributed by atoms with Crippen molar-refractivity contribution in [3.63, 3.8) is 0 Å². The first-order valence-electron chi connectivity index (χ1n) is 13.4. The molecule has 6 N–H and O–H groups in total. The maximum Gasteiger partial charge on any atom is 0.314 e. The molecule has 0 bridgehead atoms. The van der Waals surface area contributed by atoms with Gasteiger partial charge in [-0.05, 0) is 38.6 Å². The van der Waals surface area contributed by atoms with Crippen LogP contribution in [0.2, 0.25) is 0 Å². The zero-order valence-electron chi connectivity index (χ0n) is 21.0. The number of amides is 4. The number of hydrogen-bond donors (Lipinski definition) is 5. The van der Waals surface area contributed by atoms with Crippen molar-refractivity contribution in [1.82, 2.24) is 21.3 Å². The molecule has 0 aliphatic rings. The Morgan fingerprint density at radius 3 is 1.06 bits per heavy atom. The van der Waals surface area contributed by atoms with Gasteiger partial charge in [-0.2, -0.15) is 0 Å². The molecule has 0 radical (unpaired) electrons. The molecule has 0 rings (SSSR count). The molecule has 0 aromatic rings. The Hall–Kier alpha value is -1.50. The smallest absolute Gasteiger partial charge is 0.314 e. The third-order valence-corrected chi connectivity index (χ3v) is 5.66. The lowest BCUT2D eigenvalue weighted by atomic mass is 10.1. The lowest BCUT2D eigenvalue weighted by Crippen LogP contribution is -2.36. The number of carbonyl (C=O) groups is 2. The van der Waals surface area contributed by atoms with Crippen molar-refractivity contribution < 1.29 is 9.59 Å². The Labute approximate surface area is 197 Å². The van der Waals surface area contributed by atoms with Gasteiger partial charge in [-0.3, -0.25) is 0 Å². The standard InChI is InChI=1S/C25H53N5O2/c1-2-3-4-5-6-7-8-9-11-15-20-27-24(31)28-21-16-12-10-13-17-22-29-25(32)30-23-18-14-19-26/h2-23,26H2,1H3,(H2,27,28,31)(H2,29,30,32). The zero-order valence-corrected chi connectivity index (χ0v) is 21.0. The molecule has 0 aromatic heterocycles. The molecule has 0 saturated heterocycles. The van der Waals surface area contributed by atoms with Gasteiger partial charge in [-0.1, -0.05) is 84.0 Å². The molecule has 7 nitrogen and oxygen atoms in total. The summed E-state index contributed by atoms with van der Waals surface area (Å²) in [4.78, 5) is 23.3. The molecule has 0 heterocycles. The normalized spacial score (nSPS) is 10.7. The number of hydrogen-bond acceptors (Lipinski definition) is 3. The summed E-state index contributed by atoms with van der Waals surface area (Å²) >= 11 is 0. The van der Waals surface area contributed by atoms with Crippen molar-refractivity contribution in [3.8, 4) is 0 Å². The van der Waals surface area contributed by atoms with Gasteiger partial charge in [0.1, 0.15) is 0 Å². The van der Waals surface area contributed by atoms with Crippen LogP contribution in [0.15, 0.2) is 0 Å². The van der Waals surface area contributed by atoms with E-state index < -0.39 is 0 Å². The minimum atomic E-state index is -0.0879. The molecule has 0 aromatic carbocycles. The summed E-state index contributed by atoms with van der Waals surface area (Å²) in [5, 5.41) is 11.6. The number of unbranched alkanes of at least 4 members (excludes halogenated alkanes) is 14. The number of rotatable bonds is 23. The Morgan fingerprint density at radius 2 is 0.750 bits per heavy atom. The van der Waals surface area contributed by atoms with E-state index in [1.807, 2.05) is 0 Å². The Kier molecular flexibility index (Phi) is 24.6. The highest BCUT2D eigenvalue weighted by Gasteiger charge is 2.00. The van der Waals surface area contributed by atoms with Gasteiger partial charge < -0.3 is 27.0 Å². The minimum Gasteiger partial charge on any atom is -0.338 e. The molecule has 190 valence electrons. The Bertz CT molecular complexity index is 421. The molecule has 0 aliphatic carbocycles. The first-order chi connectivity index (χ1) is 15.7. The van der Waals surface area contributed by atoms with Crippen molar-refractivity contribution in [2.75, 3.05) is 32.7 Å². The van der Waals surface area contributed by atoms with Crippen molar-refractivity contribution in [2.24, 2.45) is 5.73 Å². The molecular weight excluding hydrogens is 402 g/mol. The molecule has 0 unspecified atom stereocenters. The number of urea groups is 2. The van der Waals surface area contributed by atoms with Crippen LogP contribution in [0.1, 0.15) is 116 Å². The molecule has 32 heavy (non-hydrogen) atoms. The van der Waals surface area contributed by atoms with Crippen LogP contribution >= 0.6 is 0 Å². The van der Waals surface area contributed by atoms with E-state index in [0.29, 0.717) is 19.6 Å². The number of nitrogens with two attached hydrogens (primary N) is 1. The molecule has 0 atom stereocenters. The summed E-state index contributed by atoms with van der Waals surface area (Å²) in [7, 11) is 0. The third kappa shape index (κ3) is 24.8. The largest absolute Gasteiger partial charge is 0.338 e. The first kappa shape index (κ1) is 30.5. The topological polar surface area (TPSA) is 108 Å². The summed E-state index contributed by atoms with van der Waals surface area (Å²) in [5.74, 6) is 0. The van der Waals surface area contributed by atoms with Gasteiger partial charge in [0.25, 0.3) is 0 Å². The summed E-state index contributed by atoms with van der Waals surface area (Å²) < 4.78 is 0. The number of carbonyl (C=O) groups excluding carboxylic acids is 2. The van der Waals surface area contributed by atoms with Crippen LogP contribution in [0.3, 0.4) is 0 Å². The monoisotopic (exact) mass is 455 g/mol. The van der Waals surface area contributed by atoms with E-state index in [4.69, 9.17) is 5.73 Å². The van der Waals surface area contributed by atoms with Crippen LogP contribution < -0.4 is 27.0 Å². The second-order valence-corrected chi connectivity index (χ2v) is 8.81. The minimum absolute atomic E-state index is 0.0393. The van der Waals surface area contributed by atoms with Gasteiger partial charge in [0, 0.05) is 26.2 Å². The molecule has 0 saturated carbocycles. The second-order valence-electron chi connectivity index (χ2n) is 8.81. The summed E-state index contributed by atoms with van der Waals surface area (Å²) in [6.45, 7) is 5.82. The third-order valence-electron chi connectivity index (χ3n) is 5.66. The highest BCUT2D eigenvalue weighted by atomic mass is 16.2. The Balaban J connectivity index is 3.23. The quantitative estimate of drug-likeness (QED) is 0.137. The van der Waals surface area contributed by atoms with E-state index >= 15 is 0 Å². The molecule has 0 fully saturated rings. The van der Waals surface area contributed by atoms with Crippen molar-refractivity contribution in [3.05, 3.63) is 0 Å². The molecule has 0 spiro atoms. The van der Waals surface area contributed by atoms with E-state index in [2.05, 4.69) is 28.2 Å². The summed E-state index contributed by atoms with van der Waals surface area (Å²) in [6, 6.07) is -0.127. The second kappa shape index (κ2) is 25.8. The van der Waals surface area contributed by atoms with Gasteiger partial charge in [-0.15, -0.1) is 0 Å². The Morgan fingerprint density at radius 1 is 0.469 bits per heavy atom. The van der Waals surface area contributed by atoms with Gasteiger partial charge in [0.05, 0.1) is 0 Å². The fourth-order valence-corrected chi connectivity index (χ4v) is 3.59. The van der Waals surface area contributed by atoms with Crippen LogP contribution in [-0.4, -0.2) is 44.8 Å². The predicted octanol–water partition coefficient (Wildman–Crippen LogP) is 5.20. The summed E-state index contributed by atoms with van der Waals surface area (Å²) in [6.07, 6.45) is 20.3. The van der Waals surface area contributed by atoms with Crippen LogP contribution in [0, 0.1) is 0 Å². The molecule has 0 aliphatic heterocycles. The fourth-order valence-electron chi connectivity index (χ4n) is 3.59. The molecular formula is C25H53N5O2. The first-order valence-corrected chi connectivity index (χ1v) is 13.4. The maximum absolute atomic E-state index is 11.8. The molecule has 4 amide bonds. The van der Waals surface area contributed by atoms with E-state index in [0.717, 1.165) is 64.5 Å². The average molecular weight is 456 g/mol. The van der Waals surface area contributed by atoms with Crippen LogP contribution in [0.4, 0.5) is 9.59 Å². The number of nitrogens with one attached hydrogen (secondary N) is 4. The predicted molar refractivity (Wildman–Crippen MR) is 136 cm³/mol. The average Bonchev–Trinajstić information content (AvgIpc) is 2.79. The van der Waals surface area contributed by atoms with E-state index in [-0.39, 0.29) is 12.1 Å². The van der Waals surface area contributed by atoms with E-state index in [1.54, 1.807) is 0 Å². The van der Waals surface area contributed by atoms with Crippen molar-refractivity contribution in [2.45, 2.75) is 116 Å². The van der Waals surface area contributed by atoms with E-state index in [1.165, 1.54) is 57.8 Å². The van der Waals surface area contributed by atoms with Crippen molar-refractivity contribution >= 4 is 12.1 Å². The van der Waals surface area contributed by atoms with Crippen molar-refractivity contribution in [1.29, 1.82) is 0 Å². The van der Waals surface area contributed by atoms with Gasteiger partial charge in [-0.25, -0.2) is 9.59 Å². The van der Waals surface area contributed by atoms with E-state index in [9.17, 15) is 9.59 Å². The van der Waals surface area contributed by atoms with Gasteiger partial charge in [0.15, 0.2) is 0 Å². The molecule has 7 heteroatoms. The SMILES string of the molecule is CCCCCCCCCCCCNC(=O)NCCCCCCCNC(=O)NCCCCN.